The second-order valence-electron chi connectivity index (χ2n) is 9.13. The summed E-state index contributed by atoms with van der Waals surface area (Å²) in [5.74, 6) is 0.0511. The summed E-state index contributed by atoms with van der Waals surface area (Å²) < 4.78 is 10.6. The first kappa shape index (κ1) is 24.8. The number of carbonyl (C=O) groups excluding carboxylic acids is 2. The van der Waals surface area contributed by atoms with Crippen LogP contribution in [0, 0.1) is 19.8 Å². The molecule has 0 radical (unpaired) electrons. The van der Waals surface area contributed by atoms with Gasteiger partial charge in [0.1, 0.15) is 5.56 Å². The van der Waals surface area contributed by atoms with E-state index in [2.05, 4.69) is 51.8 Å². The van der Waals surface area contributed by atoms with Crippen molar-refractivity contribution in [3.8, 4) is 5.88 Å². The fourth-order valence-corrected chi connectivity index (χ4v) is 4.82. The van der Waals surface area contributed by atoms with Gasteiger partial charge >= 0.3 is 5.97 Å². The molecule has 1 aromatic carbocycles. The van der Waals surface area contributed by atoms with E-state index in [0.29, 0.717) is 31.2 Å². The molecular formula is C26H35N5O4. The van der Waals surface area contributed by atoms with Crippen molar-refractivity contribution in [2.45, 2.75) is 33.6 Å². The number of benzene rings is 1. The maximum atomic E-state index is 13.2. The topological polar surface area (TPSA) is 88.1 Å². The van der Waals surface area contributed by atoms with Crippen LogP contribution in [0.15, 0.2) is 24.4 Å². The van der Waals surface area contributed by atoms with Crippen molar-refractivity contribution in [3.05, 3.63) is 41.1 Å². The maximum absolute atomic E-state index is 13.2. The zero-order chi connectivity index (χ0) is 24.9. The Kier molecular flexibility index (Phi) is 7.73. The Morgan fingerprint density at radius 3 is 2.54 bits per heavy atom. The third-order valence-electron chi connectivity index (χ3n) is 6.97. The van der Waals surface area contributed by atoms with E-state index in [1.54, 1.807) is 18.0 Å². The Balaban J connectivity index is 1.43. The van der Waals surface area contributed by atoms with Gasteiger partial charge in [-0.3, -0.25) is 9.59 Å². The molecule has 1 aromatic heterocycles. The first-order valence-electron chi connectivity index (χ1n) is 12.4. The number of methoxy groups -OCH3 is 1. The molecule has 9 nitrogen and oxygen atoms in total. The fraction of sp³-hybridized carbons (Fsp3) is 0.538. The van der Waals surface area contributed by atoms with E-state index in [4.69, 9.17) is 9.47 Å². The second kappa shape index (κ2) is 10.9. The van der Waals surface area contributed by atoms with Crippen LogP contribution >= 0.6 is 0 Å². The van der Waals surface area contributed by atoms with Gasteiger partial charge in [0.05, 0.1) is 19.6 Å². The average Bonchev–Trinajstić information content (AvgIpc) is 2.90. The standard InChI is InChI=1S/C26H35N5O4/c1-5-35-25(33)20-9-7-11-31(17-20)24(32)21-16-27-26(28-23(21)34-4)30-14-12-29(13-15-30)22-10-6-8-18(2)19(22)3/h6,8,10,16,20H,5,7,9,11-15,17H2,1-4H3/t20-/m0/s1. The largest absolute Gasteiger partial charge is 0.480 e. The summed E-state index contributed by atoms with van der Waals surface area (Å²) in [6.45, 7) is 10.6. The molecule has 1 atom stereocenters. The van der Waals surface area contributed by atoms with Crippen molar-refractivity contribution in [1.82, 2.24) is 14.9 Å². The van der Waals surface area contributed by atoms with E-state index >= 15 is 0 Å². The molecule has 2 saturated heterocycles. The summed E-state index contributed by atoms with van der Waals surface area (Å²) in [4.78, 5) is 40.7. The lowest BCUT2D eigenvalue weighted by atomic mass is 9.97. The van der Waals surface area contributed by atoms with E-state index in [0.717, 1.165) is 39.0 Å². The van der Waals surface area contributed by atoms with E-state index in [-0.39, 0.29) is 23.7 Å². The highest BCUT2D eigenvalue weighted by molar-refractivity contribution is 5.96. The van der Waals surface area contributed by atoms with Gasteiger partial charge in [0.15, 0.2) is 0 Å². The molecule has 2 aliphatic rings. The number of carbonyl (C=O) groups is 2. The van der Waals surface area contributed by atoms with Gasteiger partial charge in [0.25, 0.3) is 5.91 Å². The number of amides is 1. The van der Waals surface area contributed by atoms with Gasteiger partial charge in [-0.1, -0.05) is 12.1 Å². The predicted molar refractivity (Wildman–Crippen MR) is 134 cm³/mol. The van der Waals surface area contributed by atoms with Crippen molar-refractivity contribution in [2.24, 2.45) is 5.92 Å². The van der Waals surface area contributed by atoms with Gasteiger partial charge in [0.2, 0.25) is 11.8 Å². The molecule has 0 aliphatic carbocycles. The molecule has 0 bridgehead atoms. The van der Waals surface area contributed by atoms with Crippen molar-refractivity contribution < 1.29 is 19.1 Å². The number of likely N-dealkylation sites (tertiary alicyclic amines) is 1. The molecule has 35 heavy (non-hydrogen) atoms. The normalized spacial score (nSPS) is 18.4. The van der Waals surface area contributed by atoms with Crippen molar-refractivity contribution in [2.75, 3.05) is 62.8 Å². The van der Waals surface area contributed by atoms with Gasteiger partial charge < -0.3 is 24.2 Å². The lowest BCUT2D eigenvalue weighted by Crippen LogP contribution is -2.47. The van der Waals surface area contributed by atoms with Crippen LogP contribution in [-0.2, 0) is 9.53 Å². The van der Waals surface area contributed by atoms with Crippen LogP contribution in [0.4, 0.5) is 11.6 Å². The lowest BCUT2D eigenvalue weighted by Gasteiger charge is -2.37. The zero-order valence-corrected chi connectivity index (χ0v) is 21.1. The minimum Gasteiger partial charge on any atom is -0.480 e. The summed E-state index contributed by atoms with van der Waals surface area (Å²) in [6, 6.07) is 6.41. The van der Waals surface area contributed by atoms with E-state index in [1.165, 1.54) is 23.9 Å². The smallest absolute Gasteiger partial charge is 0.310 e. The van der Waals surface area contributed by atoms with Crippen LogP contribution < -0.4 is 14.5 Å². The molecule has 0 spiro atoms. The number of anilines is 2. The summed E-state index contributed by atoms with van der Waals surface area (Å²) in [5, 5.41) is 0. The van der Waals surface area contributed by atoms with Gasteiger partial charge in [-0.15, -0.1) is 0 Å². The van der Waals surface area contributed by atoms with E-state index in [9.17, 15) is 9.59 Å². The van der Waals surface area contributed by atoms with Gasteiger partial charge in [-0.05, 0) is 50.8 Å². The number of aryl methyl sites for hydroxylation is 1. The summed E-state index contributed by atoms with van der Waals surface area (Å²) >= 11 is 0. The Hall–Kier alpha value is -3.36. The van der Waals surface area contributed by atoms with Crippen LogP contribution in [0.25, 0.3) is 0 Å². The minimum absolute atomic E-state index is 0.220. The van der Waals surface area contributed by atoms with E-state index in [1.807, 2.05) is 0 Å². The fourth-order valence-electron chi connectivity index (χ4n) is 4.82. The first-order chi connectivity index (χ1) is 16.9. The molecule has 2 aromatic rings. The van der Waals surface area contributed by atoms with Crippen LogP contribution in [0.2, 0.25) is 0 Å². The number of rotatable bonds is 6. The molecule has 188 valence electrons. The number of nitrogens with zero attached hydrogens (tertiary/aromatic N) is 5. The number of hydrogen-bond donors (Lipinski definition) is 0. The third kappa shape index (κ3) is 5.33. The zero-order valence-electron chi connectivity index (χ0n) is 21.1. The van der Waals surface area contributed by atoms with Gasteiger partial charge in [0, 0.05) is 51.2 Å². The molecule has 9 heteroatoms. The predicted octanol–water partition coefficient (Wildman–Crippen LogP) is 2.84. The molecule has 0 N–H and O–H groups in total. The Labute approximate surface area is 207 Å². The summed E-state index contributed by atoms with van der Waals surface area (Å²) in [7, 11) is 1.51. The van der Waals surface area contributed by atoms with Crippen LogP contribution in [-0.4, -0.2) is 79.7 Å². The summed E-state index contributed by atoms with van der Waals surface area (Å²) in [6.07, 6.45) is 3.03. The van der Waals surface area contributed by atoms with Crippen LogP contribution in [0.5, 0.6) is 5.88 Å². The molecule has 2 aliphatic heterocycles. The number of piperidine rings is 1. The Bertz CT molecular complexity index is 1070. The van der Waals surface area contributed by atoms with Crippen LogP contribution in [0.3, 0.4) is 0 Å². The van der Waals surface area contributed by atoms with Crippen molar-refractivity contribution in [1.29, 1.82) is 0 Å². The molecule has 0 saturated carbocycles. The quantitative estimate of drug-likeness (QED) is 0.582. The molecule has 4 rings (SSSR count). The summed E-state index contributed by atoms with van der Waals surface area (Å²) in [5.41, 5.74) is 4.19. The number of piperazine rings is 1. The lowest BCUT2D eigenvalue weighted by molar-refractivity contribution is -0.149. The maximum Gasteiger partial charge on any atom is 0.310 e. The number of aromatic nitrogens is 2. The monoisotopic (exact) mass is 481 g/mol. The molecular weight excluding hydrogens is 446 g/mol. The first-order valence-corrected chi connectivity index (χ1v) is 12.4. The molecule has 1 amide bonds. The highest BCUT2D eigenvalue weighted by Crippen LogP contribution is 2.27. The average molecular weight is 482 g/mol. The minimum atomic E-state index is -0.299. The SMILES string of the molecule is CCOC(=O)[C@H]1CCCN(C(=O)c2cnc(N3CCN(c4cccc(C)c4C)CC3)nc2OC)C1. The van der Waals surface area contributed by atoms with Crippen LogP contribution in [0.1, 0.15) is 41.3 Å². The molecule has 3 heterocycles. The van der Waals surface area contributed by atoms with Crippen molar-refractivity contribution in [3.63, 3.8) is 0 Å². The second-order valence-corrected chi connectivity index (χ2v) is 9.13. The van der Waals surface area contributed by atoms with Gasteiger partial charge in [-0.2, -0.15) is 4.98 Å². The van der Waals surface area contributed by atoms with E-state index < -0.39 is 0 Å². The number of hydrogen-bond acceptors (Lipinski definition) is 8. The molecule has 0 unspecified atom stereocenters. The Morgan fingerprint density at radius 1 is 1.09 bits per heavy atom. The number of ether oxygens (including phenoxy) is 2. The van der Waals surface area contributed by atoms with Crippen molar-refractivity contribution >= 4 is 23.5 Å². The highest BCUT2D eigenvalue weighted by Gasteiger charge is 2.32. The molecule has 2 fully saturated rings. The third-order valence-corrected chi connectivity index (χ3v) is 6.97. The Morgan fingerprint density at radius 2 is 1.83 bits per heavy atom. The number of esters is 1. The highest BCUT2D eigenvalue weighted by atomic mass is 16.5. The van der Waals surface area contributed by atoms with Gasteiger partial charge in [-0.25, -0.2) is 4.98 Å².